The Morgan fingerprint density at radius 2 is 1.81 bits per heavy atom. The highest BCUT2D eigenvalue weighted by Gasteiger charge is 2.21. The SMILES string of the molecule is CCCCCCOc1cccc(CC(CC(O)CNCc2cccc(CC)c2)NC(=O)c2coc(NS(C)(=O)=O)n2)c1. The molecular formula is C31H44N4O6S. The topological polar surface area (TPSA) is 143 Å². The average Bonchev–Trinajstić information content (AvgIpc) is 3.40. The fourth-order valence-corrected chi connectivity index (χ4v) is 4.97. The van der Waals surface area contributed by atoms with Crippen molar-refractivity contribution in [1.29, 1.82) is 0 Å². The van der Waals surface area contributed by atoms with Crippen LogP contribution in [0.2, 0.25) is 0 Å². The number of aryl methyl sites for hydroxylation is 1. The van der Waals surface area contributed by atoms with Crippen molar-refractivity contribution in [2.45, 2.75) is 77.5 Å². The van der Waals surface area contributed by atoms with E-state index in [0.717, 1.165) is 48.7 Å². The highest BCUT2D eigenvalue weighted by Crippen LogP contribution is 2.18. The normalized spacial score (nSPS) is 13.0. The minimum absolute atomic E-state index is 0.0706. The summed E-state index contributed by atoms with van der Waals surface area (Å²) in [7, 11) is -3.61. The van der Waals surface area contributed by atoms with E-state index in [1.165, 1.54) is 18.4 Å². The van der Waals surface area contributed by atoms with Crippen LogP contribution in [0.4, 0.5) is 6.01 Å². The minimum atomic E-state index is -3.61. The Labute approximate surface area is 249 Å². The molecule has 0 saturated heterocycles. The van der Waals surface area contributed by atoms with E-state index in [0.29, 0.717) is 26.1 Å². The number of unbranched alkanes of at least 4 members (excludes halogenated alkanes) is 3. The highest BCUT2D eigenvalue weighted by molar-refractivity contribution is 7.91. The number of oxazole rings is 1. The summed E-state index contributed by atoms with van der Waals surface area (Å²) in [4.78, 5) is 17.0. The number of rotatable bonds is 19. The molecule has 2 atom stereocenters. The van der Waals surface area contributed by atoms with Crippen molar-refractivity contribution in [2.75, 3.05) is 24.1 Å². The summed E-state index contributed by atoms with van der Waals surface area (Å²) in [6, 6.07) is 15.3. The predicted octanol–water partition coefficient (Wildman–Crippen LogP) is 4.45. The van der Waals surface area contributed by atoms with Gasteiger partial charge in [0.25, 0.3) is 5.91 Å². The molecule has 0 radical (unpaired) electrons. The van der Waals surface area contributed by atoms with Gasteiger partial charge in [0.2, 0.25) is 10.0 Å². The molecule has 3 aromatic rings. The van der Waals surface area contributed by atoms with Gasteiger partial charge in [-0.2, -0.15) is 4.98 Å². The number of aromatic nitrogens is 1. The average molecular weight is 601 g/mol. The number of nitrogens with one attached hydrogen (secondary N) is 3. The fourth-order valence-electron chi connectivity index (χ4n) is 4.56. The van der Waals surface area contributed by atoms with Crippen LogP contribution in [0.25, 0.3) is 0 Å². The molecule has 3 rings (SSSR count). The molecule has 230 valence electrons. The van der Waals surface area contributed by atoms with E-state index >= 15 is 0 Å². The summed E-state index contributed by atoms with van der Waals surface area (Å²) in [6.45, 7) is 5.89. The van der Waals surface area contributed by atoms with Crippen LogP contribution in [0, 0.1) is 0 Å². The number of nitrogens with zero attached hydrogens (tertiary/aromatic N) is 1. The van der Waals surface area contributed by atoms with Crippen molar-refractivity contribution in [3.8, 4) is 5.75 Å². The lowest BCUT2D eigenvalue weighted by atomic mass is 9.99. The lowest BCUT2D eigenvalue weighted by Crippen LogP contribution is -2.41. The predicted molar refractivity (Wildman–Crippen MR) is 164 cm³/mol. The number of anilines is 1. The van der Waals surface area contributed by atoms with Gasteiger partial charge < -0.3 is 24.9 Å². The van der Waals surface area contributed by atoms with Gasteiger partial charge in [0, 0.05) is 19.1 Å². The quantitative estimate of drug-likeness (QED) is 0.148. The number of sulfonamides is 1. The summed E-state index contributed by atoms with van der Waals surface area (Å²) in [5, 5.41) is 17.1. The zero-order valence-corrected chi connectivity index (χ0v) is 25.6. The van der Waals surface area contributed by atoms with Gasteiger partial charge in [0.15, 0.2) is 5.69 Å². The molecule has 2 unspecified atom stereocenters. The molecule has 2 aromatic carbocycles. The molecule has 10 nitrogen and oxygen atoms in total. The van der Waals surface area contributed by atoms with Crippen LogP contribution in [-0.4, -0.2) is 56.0 Å². The van der Waals surface area contributed by atoms with Gasteiger partial charge in [-0.3, -0.25) is 4.79 Å². The standard InChI is InChI=1S/C31H44N4O6S/c1-4-6-7-8-15-40-28-14-10-12-24(18-28)17-26(33-30(37)29-22-41-31(34-29)35-42(3,38)39)19-27(36)21-32-20-25-13-9-11-23(5-2)16-25/h9-14,16,18,22,26-27,32,36H,4-8,15,17,19-21H2,1-3H3,(H,33,37)(H,34,35). The number of hydrogen-bond acceptors (Lipinski definition) is 8. The van der Waals surface area contributed by atoms with Crippen molar-refractivity contribution in [2.24, 2.45) is 0 Å². The van der Waals surface area contributed by atoms with E-state index in [1.54, 1.807) is 0 Å². The zero-order valence-electron chi connectivity index (χ0n) is 24.8. The molecule has 0 aliphatic heterocycles. The lowest BCUT2D eigenvalue weighted by molar-refractivity contribution is 0.0904. The molecule has 42 heavy (non-hydrogen) atoms. The van der Waals surface area contributed by atoms with Crippen molar-refractivity contribution >= 4 is 21.9 Å². The van der Waals surface area contributed by atoms with E-state index in [-0.39, 0.29) is 18.1 Å². The largest absolute Gasteiger partial charge is 0.494 e. The molecule has 0 bridgehead atoms. The molecule has 0 aliphatic carbocycles. The first-order valence-electron chi connectivity index (χ1n) is 14.6. The van der Waals surface area contributed by atoms with E-state index in [1.807, 2.05) is 36.4 Å². The summed E-state index contributed by atoms with van der Waals surface area (Å²) in [6.07, 6.45) is 7.48. The maximum absolute atomic E-state index is 13.0. The van der Waals surface area contributed by atoms with Crippen LogP contribution in [0.15, 0.2) is 59.2 Å². The molecule has 4 N–H and O–H groups in total. The lowest BCUT2D eigenvalue weighted by Gasteiger charge is -2.22. The number of aliphatic hydroxyl groups excluding tert-OH is 1. The number of hydrogen-bond donors (Lipinski definition) is 4. The zero-order chi connectivity index (χ0) is 30.4. The summed E-state index contributed by atoms with van der Waals surface area (Å²) < 4.78 is 36.1. The van der Waals surface area contributed by atoms with Crippen molar-refractivity contribution < 1.29 is 27.5 Å². The van der Waals surface area contributed by atoms with Crippen LogP contribution in [-0.2, 0) is 29.4 Å². The monoisotopic (exact) mass is 600 g/mol. The van der Waals surface area contributed by atoms with E-state index in [2.05, 4.69) is 46.3 Å². The van der Waals surface area contributed by atoms with Gasteiger partial charge in [0.1, 0.15) is 12.0 Å². The molecular weight excluding hydrogens is 556 g/mol. The summed E-state index contributed by atoms with van der Waals surface area (Å²) >= 11 is 0. The second-order valence-corrected chi connectivity index (χ2v) is 12.3. The van der Waals surface area contributed by atoms with Crippen LogP contribution in [0.1, 0.15) is 73.1 Å². The van der Waals surface area contributed by atoms with Crippen LogP contribution >= 0.6 is 0 Å². The Kier molecular flexibility index (Phi) is 13.3. The first-order chi connectivity index (χ1) is 20.1. The van der Waals surface area contributed by atoms with E-state index < -0.39 is 28.1 Å². The third-order valence-corrected chi connectivity index (χ3v) is 7.20. The maximum Gasteiger partial charge on any atom is 0.309 e. The van der Waals surface area contributed by atoms with Crippen LogP contribution < -0.4 is 20.1 Å². The first-order valence-corrected chi connectivity index (χ1v) is 16.5. The molecule has 0 saturated carbocycles. The Bertz CT molecular complexity index is 1360. The fraction of sp³-hybridized carbons (Fsp3) is 0.484. The second kappa shape index (κ2) is 16.9. The number of carbonyl (C=O) groups excluding carboxylic acids is 1. The van der Waals surface area contributed by atoms with Gasteiger partial charge in [0.05, 0.1) is 19.0 Å². The number of amides is 1. The summed E-state index contributed by atoms with van der Waals surface area (Å²) in [5.74, 6) is 0.226. The highest BCUT2D eigenvalue weighted by atomic mass is 32.2. The number of benzene rings is 2. The molecule has 0 aliphatic rings. The Hall–Kier alpha value is -3.41. The van der Waals surface area contributed by atoms with Crippen molar-refractivity contribution in [3.63, 3.8) is 0 Å². The van der Waals surface area contributed by atoms with Crippen molar-refractivity contribution in [3.05, 3.63) is 77.2 Å². The maximum atomic E-state index is 13.0. The van der Waals surface area contributed by atoms with Gasteiger partial charge >= 0.3 is 6.01 Å². The molecule has 1 amide bonds. The van der Waals surface area contributed by atoms with Gasteiger partial charge in [-0.05, 0) is 54.5 Å². The molecule has 1 aromatic heterocycles. The summed E-state index contributed by atoms with van der Waals surface area (Å²) in [5.41, 5.74) is 3.27. The number of carbonyl (C=O) groups is 1. The molecule has 11 heteroatoms. The minimum Gasteiger partial charge on any atom is -0.494 e. The third-order valence-electron chi connectivity index (χ3n) is 6.66. The smallest absolute Gasteiger partial charge is 0.309 e. The van der Waals surface area contributed by atoms with Gasteiger partial charge in [-0.1, -0.05) is 69.5 Å². The van der Waals surface area contributed by atoms with Gasteiger partial charge in [-0.15, -0.1) is 0 Å². The molecule has 0 fully saturated rings. The Morgan fingerprint density at radius 1 is 1.05 bits per heavy atom. The number of aliphatic hydroxyl groups is 1. The Balaban J connectivity index is 1.64. The van der Waals surface area contributed by atoms with Crippen LogP contribution in [0.5, 0.6) is 5.75 Å². The molecule has 1 heterocycles. The Morgan fingerprint density at radius 3 is 2.57 bits per heavy atom. The third kappa shape index (κ3) is 12.2. The first kappa shape index (κ1) is 33.1. The van der Waals surface area contributed by atoms with Crippen molar-refractivity contribution in [1.82, 2.24) is 15.6 Å². The van der Waals surface area contributed by atoms with E-state index in [4.69, 9.17) is 9.15 Å². The molecule has 0 spiro atoms. The number of ether oxygens (including phenoxy) is 1. The second-order valence-electron chi connectivity index (χ2n) is 10.5. The van der Waals surface area contributed by atoms with Crippen LogP contribution in [0.3, 0.4) is 0 Å². The van der Waals surface area contributed by atoms with Gasteiger partial charge in [-0.25, -0.2) is 13.1 Å². The van der Waals surface area contributed by atoms with E-state index in [9.17, 15) is 18.3 Å².